The molecule has 8 heteroatoms. The molecule has 0 spiro atoms. The number of hydrogen-bond donors (Lipinski definition) is 2. The van der Waals surface area contributed by atoms with Crippen LogP contribution in [-0.4, -0.2) is 46.4 Å². The molecule has 0 fully saturated rings. The molecule has 2 aromatic rings. The van der Waals surface area contributed by atoms with Gasteiger partial charge < -0.3 is 29.6 Å². The van der Waals surface area contributed by atoms with Gasteiger partial charge >= 0.3 is 0 Å². The molecular weight excluding hydrogens is 388 g/mol. The van der Waals surface area contributed by atoms with Crippen molar-refractivity contribution in [3.8, 4) is 17.2 Å². The summed E-state index contributed by atoms with van der Waals surface area (Å²) < 4.78 is 21.0. The summed E-state index contributed by atoms with van der Waals surface area (Å²) in [6.07, 6.45) is 1.55. The van der Waals surface area contributed by atoms with E-state index < -0.39 is 5.91 Å². The second-order valence-corrected chi connectivity index (χ2v) is 6.18. The Bertz CT molecular complexity index is 910. The number of ether oxygens (including phenoxy) is 4. The molecule has 2 N–H and O–H groups in total. The van der Waals surface area contributed by atoms with E-state index in [1.165, 1.54) is 21.1 Å². The van der Waals surface area contributed by atoms with Crippen molar-refractivity contribution in [1.29, 1.82) is 0 Å². The monoisotopic (exact) mass is 414 g/mol. The quantitative estimate of drug-likeness (QED) is 0.459. The van der Waals surface area contributed by atoms with E-state index in [0.717, 1.165) is 0 Å². The Balaban J connectivity index is 2.23. The van der Waals surface area contributed by atoms with Gasteiger partial charge in [0.25, 0.3) is 5.91 Å². The zero-order valence-corrected chi connectivity index (χ0v) is 17.5. The molecule has 160 valence electrons. The fourth-order valence-corrected chi connectivity index (χ4v) is 2.56. The molecule has 0 aromatic heterocycles. The highest BCUT2D eigenvalue weighted by atomic mass is 16.5. The highest BCUT2D eigenvalue weighted by Gasteiger charge is 2.13. The second-order valence-electron chi connectivity index (χ2n) is 6.18. The van der Waals surface area contributed by atoms with Gasteiger partial charge in [0, 0.05) is 25.8 Å². The number of carbonyl (C=O) groups excluding carboxylic acids is 2. The molecular formula is C22H26N2O6. The van der Waals surface area contributed by atoms with Gasteiger partial charge in [-0.15, -0.1) is 0 Å². The molecule has 0 heterocycles. The first-order chi connectivity index (χ1) is 14.5. The minimum atomic E-state index is -0.478. The molecule has 2 rings (SSSR count). The maximum atomic E-state index is 12.8. The molecule has 8 nitrogen and oxygen atoms in total. The average Bonchev–Trinajstić information content (AvgIpc) is 2.73. The predicted octanol–water partition coefficient (Wildman–Crippen LogP) is 2.84. The molecule has 0 aliphatic heterocycles. The lowest BCUT2D eigenvalue weighted by atomic mass is 10.1. The minimum Gasteiger partial charge on any atom is -0.493 e. The SMILES string of the molecule is COCCOc1cccc(NC(=O)/C(=C/c2ccc(OC)c(OC)c2)NC(C)=O)c1. The molecule has 0 aliphatic rings. The molecule has 0 bridgehead atoms. The van der Waals surface area contributed by atoms with Crippen LogP contribution in [-0.2, 0) is 14.3 Å². The maximum Gasteiger partial charge on any atom is 0.272 e. The van der Waals surface area contributed by atoms with Crippen molar-refractivity contribution < 1.29 is 28.5 Å². The standard InChI is InChI=1S/C22H26N2O6/c1-15(25)23-19(12-16-8-9-20(28-3)21(13-16)29-4)22(26)24-17-6-5-7-18(14-17)30-11-10-27-2/h5-9,12-14H,10-11H2,1-4H3,(H,23,25)(H,24,26)/b19-12-. The van der Waals surface area contributed by atoms with Crippen molar-refractivity contribution in [1.82, 2.24) is 5.32 Å². The lowest BCUT2D eigenvalue weighted by Crippen LogP contribution is -2.28. The van der Waals surface area contributed by atoms with Crippen LogP contribution < -0.4 is 24.8 Å². The van der Waals surface area contributed by atoms with E-state index in [9.17, 15) is 9.59 Å². The highest BCUT2D eigenvalue weighted by Crippen LogP contribution is 2.28. The van der Waals surface area contributed by atoms with Crippen LogP contribution in [0.4, 0.5) is 5.69 Å². The van der Waals surface area contributed by atoms with Crippen LogP contribution in [0.3, 0.4) is 0 Å². The van der Waals surface area contributed by atoms with Gasteiger partial charge in [-0.3, -0.25) is 9.59 Å². The molecule has 2 aromatic carbocycles. The first-order valence-electron chi connectivity index (χ1n) is 9.21. The fraction of sp³-hybridized carbons (Fsp3) is 0.273. The number of methoxy groups -OCH3 is 3. The number of nitrogens with one attached hydrogen (secondary N) is 2. The Labute approximate surface area is 175 Å². The minimum absolute atomic E-state index is 0.0837. The number of rotatable bonds is 10. The largest absolute Gasteiger partial charge is 0.493 e. The number of benzene rings is 2. The van der Waals surface area contributed by atoms with Gasteiger partial charge in [0.2, 0.25) is 5.91 Å². The molecule has 0 atom stereocenters. The van der Waals surface area contributed by atoms with E-state index in [-0.39, 0.29) is 11.6 Å². The van der Waals surface area contributed by atoms with Gasteiger partial charge in [0.05, 0.1) is 20.8 Å². The van der Waals surface area contributed by atoms with Crippen molar-refractivity contribution >= 4 is 23.6 Å². The van der Waals surface area contributed by atoms with Gasteiger partial charge in [-0.05, 0) is 35.9 Å². The highest BCUT2D eigenvalue weighted by molar-refractivity contribution is 6.08. The summed E-state index contributed by atoms with van der Waals surface area (Å²) in [5.74, 6) is 0.817. The summed E-state index contributed by atoms with van der Waals surface area (Å²) in [5.41, 5.74) is 1.27. The third-order valence-corrected chi connectivity index (χ3v) is 3.92. The zero-order chi connectivity index (χ0) is 21.9. The number of anilines is 1. The summed E-state index contributed by atoms with van der Waals surface area (Å²) in [5, 5.41) is 5.32. The van der Waals surface area contributed by atoms with Gasteiger partial charge in [-0.2, -0.15) is 0 Å². The molecule has 0 unspecified atom stereocenters. The van der Waals surface area contributed by atoms with Gasteiger partial charge in [-0.25, -0.2) is 0 Å². The molecule has 0 aliphatic carbocycles. The summed E-state index contributed by atoms with van der Waals surface area (Å²) in [4.78, 5) is 24.4. The molecule has 0 radical (unpaired) electrons. The number of carbonyl (C=O) groups is 2. The zero-order valence-electron chi connectivity index (χ0n) is 17.5. The number of amides is 2. The Kier molecular flexibility index (Phi) is 8.71. The third kappa shape index (κ3) is 6.82. The normalized spacial score (nSPS) is 10.9. The smallest absolute Gasteiger partial charge is 0.272 e. The van der Waals surface area contributed by atoms with Crippen LogP contribution in [0.5, 0.6) is 17.2 Å². The van der Waals surface area contributed by atoms with Crippen LogP contribution in [0.25, 0.3) is 6.08 Å². The number of hydrogen-bond acceptors (Lipinski definition) is 6. The Morgan fingerprint density at radius 2 is 1.73 bits per heavy atom. The lowest BCUT2D eigenvalue weighted by Gasteiger charge is -2.12. The average molecular weight is 414 g/mol. The van der Waals surface area contributed by atoms with Gasteiger partial charge in [0.1, 0.15) is 18.1 Å². The van der Waals surface area contributed by atoms with E-state index in [4.69, 9.17) is 18.9 Å². The van der Waals surface area contributed by atoms with Crippen LogP contribution >= 0.6 is 0 Å². The summed E-state index contributed by atoms with van der Waals surface area (Å²) in [6, 6.07) is 12.1. The molecule has 2 amide bonds. The topological polar surface area (TPSA) is 95.1 Å². The predicted molar refractivity (Wildman–Crippen MR) is 114 cm³/mol. The van der Waals surface area contributed by atoms with E-state index in [2.05, 4.69) is 10.6 Å². The van der Waals surface area contributed by atoms with Crippen LogP contribution in [0.2, 0.25) is 0 Å². The molecule has 30 heavy (non-hydrogen) atoms. The van der Waals surface area contributed by atoms with Crippen molar-refractivity contribution in [2.45, 2.75) is 6.92 Å². The Morgan fingerprint density at radius 1 is 0.967 bits per heavy atom. The molecule has 0 saturated carbocycles. The van der Waals surface area contributed by atoms with E-state index in [0.29, 0.717) is 41.7 Å². The van der Waals surface area contributed by atoms with Crippen molar-refractivity contribution in [3.63, 3.8) is 0 Å². The summed E-state index contributed by atoms with van der Waals surface area (Å²) >= 11 is 0. The first-order valence-corrected chi connectivity index (χ1v) is 9.21. The van der Waals surface area contributed by atoms with Gasteiger partial charge in [0.15, 0.2) is 11.5 Å². The Morgan fingerprint density at radius 3 is 2.40 bits per heavy atom. The summed E-state index contributed by atoms with van der Waals surface area (Å²) in [6.45, 7) is 2.18. The lowest BCUT2D eigenvalue weighted by molar-refractivity contribution is -0.120. The Hall–Kier alpha value is -3.52. The van der Waals surface area contributed by atoms with Crippen molar-refractivity contribution in [2.24, 2.45) is 0 Å². The van der Waals surface area contributed by atoms with Gasteiger partial charge in [-0.1, -0.05) is 12.1 Å². The second kappa shape index (κ2) is 11.5. The van der Waals surface area contributed by atoms with E-state index in [1.54, 1.807) is 55.7 Å². The van der Waals surface area contributed by atoms with Crippen molar-refractivity contribution in [2.75, 3.05) is 39.9 Å². The first kappa shape index (κ1) is 22.8. The molecule has 0 saturated heterocycles. The third-order valence-electron chi connectivity index (χ3n) is 3.92. The van der Waals surface area contributed by atoms with Crippen molar-refractivity contribution in [3.05, 3.63) is 53.7 Å². The van der Waals surface area contributed by atoms with Crippen LogP contribution in [0.15, 0.2) is 48.2 Å². The maximum absolute atomic E-state index is 12.8. The fourth-order valence-electron chi connectivity index (χ4n) is 2.56. The van der Waals surface area contributed by atoms with E-state index >= 15 is 0 Å². The van der Waals surface area contributed by atoms with E-state index in [1.807, 2.05) is 0 Å². The summed E-state index contributed by atoms with van der Waals surface area (Å²) in [7, 11) is 4.65. The van der Waals surface area contributed by atoms with Crippen LogP contribution in [0.1, 0.15) is 12.5 Å². The van der Waals surface area contributed by atoms with Crippen LogP contribution in [0, 0.1) is 0 Å².